The first-order chi connectivity index (χ1) is 15.0. The van der Waals surface area contributed by atoms with Crippen molar-refractivity contribution in [1.82, 2.24) is 24.4 Å². The molecule has 0 bridgehead atoms. The second-order valence-corrected chi connectivity index (χ2v) is 8.85. The van der Waals surface area contributed by atoms with E-state index in [4.69, 9.17) is 4.98 Å². The number of H-pyrrole nitrogens is 1. The van der Waals surface area contributed by atoms with E-state index in [0.717, 1.165) is 30.9 Å². The molecule has 0 unspecified atom stereocenters. The Morgan fingerprint density at radius 3 is 2.87 bits per heavy atom. The van der Waals surface area contributed by atoms with Crippen molar-refractivity contribution < 1.29 is 4.79 Å². The van der Waals surface area contributed by atoms with Gasteiger partial charge in [0.05, 0.1) is 29.5 Å². The van der Waals surface area contributed by atoms with Crippen molar-refractivity contribution in [3.8, 4) is 0 Å². The van der Waals surface area contributed by atoms with Crippen molar-refractivity contribution in [1.29, 1.82) is 0 Å². The summed E-state index contributed by atoms with van der Waals surface area (Å²) < 4.78 is 1.57. The molecular weight excluding hydrogens is 390 g/mol. The number of nitrogens with one attached hydrogen (secondary N) is 1. The highest BCUT2D eigenvalue weighted by molar-refractivity contribution is 5.73. The van der Waals surface area contributed by atoms with E-state index in [-0.39, 0.29) is 17.5 Å². The van der Waals surface area contributed by atoms with Gasteiger partial charge in [-0.1, -0.05) is 30.7 Å². The van der Waals surface area contributed by atoms with Crippen LogP contribution in [0.15, 0.2) is 35.1 Å². The zero-order valence-corrected chi connectivity index (χ0v) is 18.2. The van der Waals surface area contributed by atoms with Gasteiger partial charge in [0.2, 0.25) is 5.91 Å². The largest absolute Gasteiger partial charge is 0.338 e. The number of fused-ring (bicyclic) bond motifs is 2. The average Bonchev–Trinajstić information content (AvgIpc) is 3.20. The number of amides is 1. The third-order valence-electron chi connectivity index (χ3n) is 6.83. The predicted octanol–water partition coefficient (Wildman–Crippen LogP) is 2.96. The molecule has 1 N–H and O–H groups in total. The topological polar surface area (TPSA) is 73.7 Å². The average molecular weight is 420 g/mol. The van der Waals surface area contributed by atoms with Gasteiger partial charge in [0, 0.05) is 32.5 Å². The number of hydrogen-bond donors (Lipinski definition) is 1. The molecule has 31 heavy (non-hydrogen) atoms. The number of likely N-dealkylation sites (tertiary alicyclic amines) is 1. The van der Waals surface area contributed by atoms with Crippen LogP contribution in [0.4, 0.5) is 0 Å². The van der Waals surface area contributed by atoms with Crippen LogP contribution >= 0.6 is 0 Å². The van der Waals surface area contributed by atoms with Crippen LogP contribution in [-0.4, -0.2) is 43.4 Å². The van der Waals surface area contributed by atoms with Crippen molar-refractivity contribution in [2.24, 2.45) is 0 Å². The van der Waals surface area contributed by atoms with Crippen LogP contribution in [0.2, 0.25) is 0 Å². The van der Waals surface area contributed by atoms with Crippen LogP contribution < -0.4 is 5.56 Å². The number of piperidine rings is 1. The summed E-state index contributed by atoms with van der Waals surface area (Å²) >= 11 is 0. The van der Waals surface area contributed by atoms with Gasteiger partial charge in [0.25, 0.3) is 5.56 Å². The van der Waals surface area contributed by atoms with E-state index in [0.29, 0.717) is 30.7 Å². The molecule has 0 aliphatic carbocycles. The monoisotopic (exact) mass is 419 g/mol. The van der Waals surface area contributed by atoms with Gasteiger partial charge in [-0.2, -0.15) is 0 Å². The summed E-state index contributed by atoms with van der Waals surface area (Å²) in [4.78, 5) is 34.0. The molecule has 1 amide bonds. The molecule has 7 heteroatoms. The Morgan fingerprint density at radius 1 is 1.23 bits per heavy atom. The second-order valence-electron chi connectivity index (χ2n) is 8.85. The molecule has 3 aromatic rings. The van der Waals surface area contributed by atoms with Crippen molar-refractivity contribution in [2.45, 2.75) is 58.7 Å². The van der Waals surface area contributed by atoms with Crippen LogP contribution in [0.1, 0.15) is 60.3 Å². The van der Waals surface area contributed by atoms with E-state index in [2.05, 4.69) is 41.2 Å². The Bertz CT molecular complexity index is 1190. The van der Waals surface area contributed by atoms with Crippen molar-refractivity contribution in [3.63, 3.8) is 0 Å². The molecule has 162 valence electrons. The Kier molecular flexibility index (Phi) is 5.14. The third-order valence-corrected chi connectivity index (χ3v) is 6.83. The van der Waals surface area contributed by atoms with Gasteiger partial charge in [-0.25, -0.2) is 9.50 Å². The molecule has 0 radical (unpaired) electrons. The van der Waals surface area contributed by atoms with Crippen LogP contribution in [0.5, 0.6) is 0 Å². The van der Waals surface area contributed by atoms with Gasteiger partial charge in [0.1, 0.15) is 0 Å². The lowest BCUT2D eigenvalue weighted by atomic mass is 9.98. The summed E-state index contributed by atoms with van der Waals surface area (Å²) in [5, 5.41) is 3.35. The van der Waals surface area contributed by atoms with Gasteiger partial charge in [0.15, 0.2) is 5.65 Å². The standard InChI is InChI=1S/C24H29N5O2/c1-16-7-3-4-8-18(16)14-28-11-6-5-9-22(28)21-13-23-25-20-10-12-27(17(2)30)15-19(20)24(31)29(23)26-21/h3-4,7-8,13,22,26H,5-6,9-12,14-15H2,1-2H3/t22-/m0/s1. The second kappa shape index (κ2) is 7.96. The summed E-state index contributed by atoms with van der Waals surface area (Å²) in [6, 6.07) is 10.8. The number of aromatic amines is 1. The van der Waals surface area contributed by atoms with Gasteiger partial charge in [-0.15, -0.1) is 0 Å². The highest BCUT2D eigenvalue weighted by Gasteiger charge is 2.28. The first-order valence-electron chi connectivity index (χ1n) is 11.2. The zero-order chi connectivity index (χ0) is 21.5. The minimum atomic E-state index is -0.0848. The lowest BCUT2D eigenvalue weighted by Crippen LogP contribution is -2.39. The number of hydrogen-bond acceptors (Lipinski definition) is 4. The fourth-order valence-electron chi connectivity index (χ4n) is 4.98. The van der Waals surface area contributed by atoms with Gasteiger partial charge in [-0.3, -0.25) is 19.6 Å². The van der Waals surface area contributed by atoms with E-state index in [1.807, 2.05) is 6.07 Å². The molecule has 0 saturated carbocycles. The number of aromatic nitrogens is 3. The van der Waals surface area contributed by atoms with Crippen LogP contribution in [0, 0.1) is 6.92 Å². The van der Waals surface area contributed by atoms with E-state index in [9.17, 15) is 9.59 Å². The van der Waals surface area contributed by atoms with Gasteiger partial charge < -0.3 is 4.90 Å². The lowest BCUT2D eigenvalue weighted by molar-refractivity contribution is -0.129. The molecule has 4 heterocycles. The SMILES string of the molecule is CC(=O)N1CCc2nc3cc([C@@H]4CCCCN4Cc4ccccc4C)[nH]n3c(=O)c2C1. The summed E-state index contributed by atoms with van der Waals surface area (Å²) in [5.74, 6) is -0.00336. The molecular formula is C24H29N5O2. The first kappa shape index (κ1) is 20.0. The number of aryl methyl sites for hydroxylation is 1. The van der Waals surface area contributed by atoms with Crippen LogP contribution in [0.25, 0.3) is 5.65 Å². The minimum Gasteiger partial charge on any atom is -0.338 e. The molecule has 1 saturated heterocycles. The molecule has 1 fully saturated rings. The van der Waals surface area contributed by atoms with Crippen molar-refractivity contribution in [3.05, 3.63) is 68.8 Å². The molecule has 5 rings (SSSR count). The van der Waals surface area contributed by atoms with Crippen molar-refractivity contribution >= 4 is 11.6 Å². The third kappa shape index (κ3) is 3.67. The summed E-state index contributed by atoms with van der Waals surface area (Å²) in [7, 11) is 0. The normalized spacial score (nSPS) is 19.5. The molecule has 1 aromatic carbocycles. The fraction of sp³-hybridized carbons (Fsp3) is 0.458. The van der Waals surface area contributed by atoms with Crippen molar-refractivity contribution in [2.75, 3.05) is 13.1 Å². The van der Waals surface area contributed by atoms with E-state index < -0.39 is 0 Å². The fourth-order valence-corrected chi connectivity index (χ4v) is 4.98. The number of carbonyl (C=O) groups is 1. The lowest BCUT2D eigenvalue weighted by Gasteiger charge is -2.35. The maximum Gasteiger partial charge on any atom is 0.277 e. The predicted molar refractivity (Wildman–Crippen MR) is 119 cm³/mol. The molecule has 2 aliphatic heterocycles. The maximum absolute atomic E-state index is 13.2. The Hall–Kier alpha value is -2.93. The summed E-state index contributed by atoms with van der Waals surface area (Å²) in [5.41, 5.74) is 5.75. The first-order valence-corrected chi connectivity index (χ1v) is 11.2. The molecule has 7 nitrogen and oxygen atoms in total. The Balaban J connectivity index is 1.49. The van der Waals surface area contributed by atoms with E-state index in [1.54, 1.807) is 16.3 Å². The highest BCUT2D eigenvalue weighted by Crippen LogP contribution is 2.32. The number of rotatable bonds is 3. The van der Waals surface area contributed by atoms with Gasteiger partial charge in [-0.05, 0) is 37.4 Å². The Morgan fingerprint density at radius 2 is 2.06 bits per heavy atom. The quantitative estimate of drug-likeness (QED) is 0.708. The number of nitrogens with zero attached hydrogens (tertiary/aromatic N) is 4. The summed E-state index contributed by atoms with van der Waals surface area (Å²) in [6.45, 7) is 6.62. The summed E-state index contributed by atoms with van der Waals surface area (Å²) in [6.07, 6.45) is 4.06. The number of carbonyl (C=O) groups excluding carboxylic acids is 1. The maximum atomic E-state index is 13.2. The van der Waals surface area contributed by atoms with E-state index in [1.165, 1.54) is 24.0 Å². The van der Waals surface area contributed by atoms with E-state index >= 15 is 0 Å². The zero-order valence-electron chi connectivity index (χ0n) is 18.2. The van der Waals surface area contributed by atoms with Crippen LogP contribution in [-0.2, 0) is 24.3 Å². The molecule has 1 atom stereocenters. The number of benzene rings is 1. The smallest absolute Gasteiger partial charge is 0.277 e. The Labute approximate surface area is 181 Å². The molecule has 2 aromatic heterocycles. The van der Waals surface area contributed by atoms with Gasteiger partial charge >= 0.3 is 0 Å². The molecule has 0 spiro atoms. The molecule has 2 aliphatic rings. The highest BCUT2D eigenvalue weighted by atomic mass is 16.2. The minimum absolute atomic E-state index is 0.00336. The van der Waals surface area contributed by atoms with Crippen LogP contribution in [0.3, 0.4) is 0 Å².